The van der Waals surface area contributed by atoms with E-state index < -0.39 is 0 Å². The normalized spacial score (nSPS) is 15.6. The van der Waals surface area contributed by atoms with Crippen molar-refractivity contribution in [3.8, 4) is 0 Å². The van der Waals surface area contributed by atoms with Gasteiger partial charge in [-0.25, -0.2) is 0 Å². The molecule has 0 heterocycles. The van der Waals surface area contributed by atoms with E-state index in [9.17, 15) is 0 Å². The van der Waals surface area contributed by atoms with Crippen molar-refractivity contribution >= 4 is 5.69 Å². The molecule has 2 rings (SSSR count). The molecule has 0 radical (unpaired) electrons. The first-order chi connectivity index (χ1) is 6.79. The van der Waals surface area contributed by atoms with E-state index in [1.165, 1.54) is 30.6 Å². The van der Waals surface area contributed by atoms with Crippen LogP contribution in [-0.2, 0) is 6.54 Å². The van der Waals surface area contributed by atoms with Crippen LogP contribution < -0.4 is 10.6 Å². The summed E-state index contributed by atoms with van der Waals surface area (Å²) in [5.74, 6) is 0.939. The molecule has 1 aromatic rings. The predicted molar refractivity (Wildman–Crippen MR) is 60.3 cm³/mol. The van der Waals surface area contributed by atoms with Gasteiger partial charge in [-0.3, -0.25) is 0 Å². The maximum absolute atomic E-state index is 5.55. The van der Waals surface area contributed by atoms with E-state index in [2.05, 4.69) is 36.2 Å². The van der Waals surface area contributed by atoms with Crippen molar-refractivity contribution in [1.82, 2.24) is 0 Å². The van der Waals surface area contributed by atoms with Crippen molar-refractivity contribution in [2.24, 2.45) is 11.7 Å². The van der Waals surface area contributed by atoms with Crippen LogP contribution in [0, 0.1) is 5.92 Å². The number of hydrogen-bond acceptors (Lipinski definition) is 2. The average Bonchev–Trinajstić information content (AvgIpc) is 3.02. The van der Waals surface area contributed by atoms with Crippen LogP contribution in [0.4, 0.5) is 5.69 Å². The van der Waals surface area contributed by atoms with E-state index in [0.717, 1.165) is 5.92 Å². The molecule has 1 aliphatic rings. The van der Waals surface area contributed by atoms with Gasteiger partial charge in [0.05, 0.1) is 0 Å². The third-order valence-electron chi connectivity index (χ3n) is 2.84. The Labute approximate surface area is 85.7 Å². The molecule has 2 heteroatoms. The van der Waals surface area contributed by atoms with Gasteiger partial charge in [0.2, 0.25) is 0 Å². The summed E-state index contributed by atoms with van der Waals surface area (Å²) >= 11 is 0. The van der Waals surface area contributed by atoms with Gasteiger partial charge in [-0.2, -0.15) is 0 Å². The Morgan fingerprint density at radius 2 is 1.93 bits per heavy atom. The van der Waals surface area contributed by atoms with Gasteiger partial charge < -0.3 is 10.6 Å². The second-order valence-electron chi connectivity index (χ2n) is 4.19. The molecular weight excluding hydrogens is 172 g/mol. The van der Waals surface area contributed by atoms with E-state index in [0.29, 0.717) is 6.54 Å². The first kappa shape index (κ1) is 9.53. The Morgan fingerprint density at radius 1 is 1.29 bits per heavy atom. The largest absolute Gasteiger partial charge is 0.374 e. The molecule has 0 atom stereocenters. The van der Waals surface area contributed by atoms with Crippen LogP contribution in [0.5, 0.6) is 0 Å². The number of benzene rings is 1. The first-order valence-electron chi connectivity index (χ1n) is 5.29. The standard InChI is InChI=1S/C12H18N2/c1-14(9-11-2-3-11)12-6-4-10(8-13)5-7-12/h4-7,11H,2-3,8-9,13H2,1H3. The van der Waals surface area contributed by atoms with E-state index >= 15 is 0 Å². The predicted octanol–water partition coefficient (Wildman–Crippen LogP) is 1.99. The lowest BCUT2D eigenvalue weighted by Gasteiger charge is -2.19. The van der Waals surface area contributed by atoms with E-state index in [1.54, 1.807) is 0 Å². The summed E-state index contributed by atoms with van der Waals surface area (Å²) in [5.41, 5.74) is 8.06. The van der Waals surface area contributed by atoms with Crippen LogP contribution in [0.25, 0.3) is 0 Å². The number of hydrogen-bond donors (Lipinski definition) is 1. The molecule has 0 aromatic heterocycles. The van der Waals surface area contributed by atoms with Crippen LogP contribution in [0.3, 0.4) is 0 Å². The molecule has 0 aliphatic heterocycles. The van der Waals surface area contributed by atoms with E-state index in [-0.39, 0.29) is 0 Å². The lowest BCUT2D eigenvalue weighted by molar-refractivity contribution is 0.787. The van der Waals surface area contributed by atoms with Crippen molar-refractivity contribution in [1.29, 1.82) is 0 Å². The van der Waals surface area contributed by atoms with Crippen LogP contribution >= 0.6 is 0 Å². The Balaban J connectivity index is 1.99. The molecule has 0 amide bonds. The highest BCUT2D eigenvalue weighted by molar-refractivity contribution is 5.47. The number of rotatable bonds is 4. The zero-order valence-electron chi connectivity index (χ0n) is 8.74. The summed E-state index contributed by atoms with van der Waals surface area (Å²) in [5, 5.41) is 0. The zero-order chi connectivity index (χ0) is 9.97. The number of nitrogens with zero attached hydrogens (tertiary/aromatic N) is 1. The van der Waals surface area contributed by atoms with E-state index in [1.807, 2.05) is 0 Å². The minimum atomic E-state index is 0.632. The lowest BCUT2D eigenvalue weighted by atomic mass is 10.2. The molecule has 2 N–H and O–H groups in total. The van der Waals surface area contributed by atoms with E-state index in [4.69, 9.17) is 5.73 Å². The third-order valence-corrected chi connectivity index (χ3v) is 2.84. The van der Waals surface area contributed by atoms with Crippen molar-refractivity contribution in [2.45, 2.75) is 19.4 Å². The highest BCUT2D eigenvalue weighted by Gasteiger charge is 2.22. The van der Waals surface area contributed by atoms with Crippen LogP contribution in [-0.4, -0.2) is 13.6 Å². The van der Waals surface area contributed by atoms with Crippen molar-refractivity contribution in [3.05, 3.63) is 29.8 Å². The number of anilines is 1. The Hall–Kier alpha value is -1.02. The molecule has 14 heavy (non-hydrogen) atoms. The molecular formula is C12H18N2. The molecule has 1 aliphatic carbocycles. The van der Waals surface area contributed by atoms with Gasteiger partial charge in [0.15, 0.2) is 0 Å². The van der Waals surface area contributed by atoms with Crippen molar-refractivity contribution in [3.63, 3.8) is 0 Å². The fourth-order valence-corrected chi connectivity index (χ4v) is 1.68. The van der Waals surface area contributed by atoms with Gasteiger partial charge in [-0.15, -0.1) is 0 Å². The molecule has 0 saturated heterocycles. The van der Waals surface area contributed by atoms with Crippen molar-refractivity contribution in [2.75, 3.05) is 18.5 Å². The van der Waals surface area contributed by atoms with Gasteiger partial charge in [0.25, 0.3) is 0 Å². The summed E-state index contributed by atoms with van der Waals surface area (Å²) in [6.07, 6.45) is 2.82. The highest BCUT2D eigenvalue weighted by Crippen LogP contribution is 2.30. The summed E-state index contributed by atoms with van der Waals surface area (Å²) in [4.78, 5) is 2.33. The molecule has 1 aromatic carbocycles. The summed E-state index contributed by atoms with van der Waals surface area (Å²) in [7, 11) is 2.16. The molecule has 76 valence electrons. The van der Waals surface area contributed by atoms with Crippen LogP contribution in [0.1, 0.15) is 18.4 Å². The quantitative estimate of drug-likeness (QED) is 0.786. The molecule has 0 spiro atoms. The van der Waals surface area contributed by atoms with Gasteiger partial charge >= 0.3 is 0 Å². The maximum atomic E-state index is 5.55. The van der Waals surface area contributed by atoms with Gasteiger partial charge in [-0.1, -0.05) is 12.1 Å². The second-order valence-corrected chi connectivity index (χ2v) is 4.19. The second kappa shape index (κ2) is 4.01. The van der Waals surface area contributed by atoms with Gasteiger partial charge in [-0.05, 0) is 36.5 Å². The molecule has 0 bridgehead atoms. The van der Waals surface area contributed by atoms with Gasteiger partial charge in [0, 0.05) is 25.8 Å². The SMILES string of the molecule is CN(CC1CC1)c1ccc(CN)cc1. The van der Waals surface area contributed by atoms with Crippen LogP contribution in [0.15, 0.2) is 24.3 Å². The number of nitrogens with two attached hydrogens (primary N) is 1. The smallest absolute Gasteiger partial charge is 0.0363 e. The van der Waals surface area contributed by atoms with Crippen LogP contribution in [0.2, 0.25) is 0 Å². The minimum Gasteiger partial charge on any atom is -0.374 e. The topological polar surface area (TPSA) is 29.3 Å². The monoisotopic (exact) mass is 190 g/mol. The fraction of sp³-hybridized carbons (Fsp3) is 0.500. The Kier molecular flexibility index (Phi) is 2.73. The zero-order valence-corrected chi connectivity index (χ0v) is 8.74. The van der Waals surface area contributed by atoms with Gasteiger partial charge in [0.1, 0.15) is 0 Å². The molecule has 0 unspecified atom stereocenters. The molecule has 2 nitrogen and oxygen atoms in total. The van der Waals surface area contributed by atoms with Crippen molar-refractivity contribution < 1.29 is 0 Å². The highest BCUT2D eigenvalue weighted by atomic mass is 15.1. The summed E-state index contributed by atoms with van der Waals surface area (Å²) in [6, 6.07) is 8.53. The fourth-order valence-electron chi connectivity index (χ4n) is 1.68. The maximum Gasteiger partial charge on any atom is 0.0363 e. The first-order valence-corrected chi connectivity index (χ1v) is 5.29. The molecule has 1 saturated carbocycles. The summed E-state index contributed by atoms with van der Waals surface area (Å²) < 4.78 is 0. The summed E-state index contributed by atoms with van der Waals surface area (Å²) in [6.45, 7) is 1.83. The Bertz CT molecular complexity index is 288. The Morgan fingerprint density at radius 3 is 2.43 bits per heavy atom. The minimum absolute atomic E-state index is 0.632. The average molecular weight is 190 g/mol. The lowest BCUT2D eigenvalue weighted by Crippen LogP contribution is -2.19. The third kappa shape index (κ3) is 2.26. The molecule has 1 fully saturated rings.